The van der Waals surface area contributed by atoms with Crippen LogP contribution in [0, 0.1) is 0 Å². The maximum atomic E-state index is 12.6. The number of nitrogens with zero attached hydrogens (tertiary/aromatic N) is 1. The lowest BCUT2D eigenvalue weighted by Crippen LogP contribution is -2.38. The minimum atomic E-state index is -0.310. The smallest absolute Gasteiger partial charge is 0.244 e. The summed E-state index contributed by atoms with van der Waals surface area (Å²) in [6.07, 6.45) is 0.0360. The van der Waals surface area contributed by atoms with E-state index in [0.717, 1.165) is 0 Å². The maximum absolute atomic E-state index is 12.6. The van der Waals surface area contributed by atoms with Crippen molar-refractivity contribution in [2.24, 2.45) is 0 Å². The summed E-state index contributed by atoms with van der Waals surface area (Å²) < 4.78 is 5.21. The number of halogens is 2. The molecule has 0 saturated heterocycles. The minimum Gasteiger partial charge on any atom is -0.495 e. The summed E-state index contributed by atoms with van der Waals surface area (Å²) in [6.45, 7) is 2.12. The van der Waals surface area contributed by atoms with Crippen LogP contribution < -0.4 is 10.1 Å². The molecule has 26 heavy (non-hydrogen) atoms. The third-order valence-corrected chi connectivity index (χ3v) is 4.55. The number of hydrogen-bond donors (Lipinski definition) is 1. The normalized spacial score (nSPS) is 10.3. The van der Waals surface area contributed by atoms with Crippen LogP contribution in [0.4, 0.5) is 5.69 Å². The number of likely N-dealkylation sites (N-methyl/N-ethyl adjacent to an activating group) is 1. The van der Waals surface area contributed by atoms with Crippen molar-refractivity contribution in [2.75, 3.05) is 25.5 Å². The van der Waals surface area contributed by atoms with Gasteiger partial charge in [0, 0.05) is 16.6 Å². The number of ether oxygens (including phenoxy) is 1. The van der Waals surface area contributed by atoms with Gasteiger partial charge in [0.15, 0.2) is 0 Å². The molecule has 0 heterocycles. The first-order valence-corrected chi connectivity index (χ1v) is 8.85. The Hall–Kier alpha value is -2.24. The van der Waals surface area contributed by atoms with E-state index >= 15 is 0 Å². The zero-order chi connectivity index (χ0) is 19.1. The first-order chi connectivity index (χ1) is 12.5. The predicted molar refractivity (Wildman–Crippen MR) is 104 cm³/mol. The third-order valence-electron chi connectivity index (χ3n) is 3.84. The fourth-order valence-corrected chi connectivity index (χ4v) is 2.98. The number of methoxy groups -OCH3 is 1. The van der Waals surface area contributed by atoms with Crippen molar-refractivity contribution in [3.63, 3.8) is 0 Å². The molecule has 0 unspecified atom stereocenters. The van der Waals surface area contributed by atoms with Crippen LogP contribution in [0.1, 0.15) is 12.5 Å². The average Bonchev–Trinajstić information content (AvgIpc) is 2.63. The van der Waals surface area contributed by atoms with Gasteiger partial charge in [-0.15, -0.1) is 0 Å². The van der Waals surface area contributed by atoms with Crippen LogP contribution in [0.2, 0.25) is 10.0 Å². The van der Waals surface area contributed by atoms with Crippen molar-refractivity contribution in [3.05, 3.63) is 58.1 Å². The number of amides is 2. The van der Waals surface area contributed by atoms with Crippen molar-refractivity contribution in [1.82, 2.24) is 4.90 Å². The molecular weight excluding hydrogens is 375 g/mol. The van der Waals surface area contributed by atoms with E-state index in [-0.39, 0.29) is 24.8 Å². The zero-order valence-electron chi connectivity index (χ0n) is 14.6. The fraction of sp³-hybridized carbons (Fsp3) is 0.263. The van der Waals surface area contributed by atoms with Gasteiger partial charge in [-0.2, -0.15) is 0 Å². The fourth-order valence-electron chi connectivity index (χ4n) is 2.45. The highest BCUT2D eigenvalue weighted by Gasteiger charge is 2.19. The van der Waals surface area contributed by atoms with E-state index in [1.807, 2.05) is 13.0 Å². The number of hydrogen-bond acceptors (Lipinski definition) is 3. The van der Waals surface area contributed by atoms with E-state index in [1.165, 1.54) is 12.0 Å². The van der Waals surface area contributed by atoms with Crippen molar-refractivity contribution in [2.45, 2.75) is 13.3 Å². The van der Waals surface area contributed by atoms with Crippen LogP contribution in [0.5, 0.6) is 5.75 Å². The second-order valence-corrected chi connectivity index (χ2v) is 6.35. The van der Waals surface area contributed by atoms with E-state index < -0.39 is 0 Å². The Labute approximate surface area is 162 Å². The summed E-state index contributed by atoms with van der Waals surface area (Å²) >= 11 is 12.2. The van der Waals surface area contributed by atoms with E-state index in [2.05, 4.69) is 5.32 Å². The zero-order valence-corrected chi connectivity index (χ0v) is 16.1. The molecule has 0 radical (unpaired) electrons. The molecule has 0 aromatic heterocycles. The molecule has 1 N–H and O–H groups in total. The summed E-state index contributed by atoms with van der Waals surface area (Å²) in [7, 11) is 1.53. The minimum absolute atomic E-state index is 0.0360. The van der Waals surface area contributed by atoms with Gasteiger partial charge in [0.2, 0.25) is 11.8 Å². The SMILES string of the molecule is CCN(CC(=O)Nc1ccccc1OC)C(=O)Cc1c(Cl)cccc1Cl. The molecule has 0 fully saturated rings. The van der Waals surface area contributed by atoms with E-state index in [9.17, 15) is 9.59 Å². The largest absolute Gasteiger partial charge is 0.495 e. The Bertz CT molecular complexity index is 776. The van der Waals surface area contributed by atoms with Crippen LogP contribution in [0.3, 0.4) is 0 Å². The van der Waals surface area contributed by atoms with Crippen LogP contribution in [0.15, 0.2) is 42.5 Å². The van der Waals surface area contributed by atoms with Gasteiger partial charge in [-0.3, -0.25) is 9.59 Å². The molecule has 5 nitrogen and oxygen atoms in total. The number of carbonyl (C=O) groups is 2. The quantitative estimate of drug-likeness (QED) is 0.770. The summed E-state index contributed by atoms with van der Waals surface area (Å²) in [5, 5.41) is 3.62. The molecule has 2 aromatic rings. The molecule has 0 aliphatic carbocycles. The highest BCUT2D eigenvalue weighted by Crippen LogP contribution is 2.25. The number of carbonyl (C=O) groups excluding carboxylic acids is 2. The molecule has 0 spiro atoms. The van der Waals surface area contributed by atoms with Crippen LogP contribution >= 0.6 is 23.2 Å². The lowest BCUT2D eigenvalue weighted by Gasteiger charge is -2.21. The third kappa shape index (κ3) is 5.13. The number of rotatable bonds is 7. The summed E-state index contributed by atoms with van der Waals surface area (Å²) in [4.78, 5) is 26.3. The van der Waals surface area contributed by atoms with Crippen molar-refractivity contribution in [1.29, 1.82) is 0 Å². The lowest BCUT2D eigenvalue weighted by atomic mass is 10.1. The molecule has 2 amide bonds. The van der Waals surface area contributed by atoms with E-state index in [1.54, 1.807) is 36.4 Å². The lowest BCUT2D eigenvalue weighted by molar-refractivity contribution is -0.133. The standard InChI is InChI=1S/C19H20Cl2N2O3/c1-3-23(19(25)11-13-14(20)7-6-8-15(13)21)12-18(24)22-16-9-4-5-10-17(16)26-2/h4-10H,3,11-12H2,1-2H3,(H,22,24). The number of nitrogens with one attached hydrogen (secondary N) is 1. The van der Waals surface area contributed by atoms with Gasteiger partial charge in [0.05, 0.1) is 25.8 Å². The van der Waals surface area contributed by atoms with Crippen molar-refractivity contribution < 1.29 is 14.3 Å². The molecule has 0 bridgehead atoms. The highest BCUT2D eigenvalue weighted by atomic mass is 35.5. The molecule has 2 rings (SSSR count). The van der Waals surface area contributed by atoms with Gasteiger partial charge in [0.25, 0.3) is 0 Å². The van der Waals surface area contributed by atoms with Gasteiger partial charge in [-0.05, 0) is 36.8 Å². The predicted octanol–water partition coefficient (Wildman–Crippen LogP) is 4.03. The summed E-state index contributed by atoms with van der Waals surface area (Å²) in [6, 6.07) is 12.2. The molecule has 0 aliphatic rings. The number of para-hydroxylation sites is 2. The second kappa shape index (κ2) is 9.46. The Morgan fingerprint density at radius 1 is 1.08 bits per heavy atom. The molecule has 7 heteroatoms. The number of benzene rings is 2. The summed E-state index contributed by atoms with van der Waals surface area (Å²) in [5.74, 6) is 0.0192. The second-order valence-electron chi connectivity index (χ2n) is 5.53. The Kier molecular flexibility index (Phi) is 7.30. The molecule has 0 atom stereocenters. The van der Waals surface area contributed by atoms with Crippen molar-refractivity contribution in [3.8, 4) is 5.75 Å². The molecule has 138 valence electrons. The Morgan fingerprint density at radius 2 is 1.73 bits per heavy atom. The topological polar surface area (TPSA) is 58.6 Å². The van der Waals surface area contributed by atoms with E-state index in [0.29, 0.717) is 33.6 Å². The molecule has 2 aromatic carbocycles. The van der Waals surface area contributed by atoms with E-state index in [4.69, 9.17) is 27.9 Å². The first kappa shape index (κ1) is 20.1. The van der Waals surface area contributed by atoms with Gasteiger partial charge in [-0.25, -0.2) is 0 Å². The van der Waals surface area contributed by atoms with Crippen LogP contribution in [0.25, 0.3) is 0 Å². The van der Waals surface area contributed by atoms with Gasteiger partial charge < -0.3 is 15.0 Å². The monoisotopic (exact) mass is 394 g/mol. The molecule has 0 aliphatic heterocycles. The Balaban J connectivity index is 2.04. The number of anilines is 1. The molecular formula is C19H20Cl2N2O3. The Morgan fingerprint density at radius 3 is 2.35 bits per heavy atom. The van der Waals surface area contributed by atoms with Gasteiger partial charge in [0.1, 0.15) is 5.75 Å². The van der Waals surface area contributed by atoms with Crippen LogP contribution in [-0.4, -0.2) is 36.9 Å². The summed E-state index contributed by atoms with van der Waals surface area (Å²) in [5.41, 5.74) is 1.11. The average molecular weight is 395 g/mol. The molecule has 0 saturated carbocycles. The maximum Gasteiger partial charge on any atom is 0.244 e. The van der Waals surface area contributed by atoms with Gasteiger partial charge >= 0.3 is 0 Å². The first-order valence-electron chi connectivity index (χ1n) is 8.09. The van der Waals surface area contributed by atoms with Gasteiger partial charge in [-0.1, -0.05) is 41.4 Å². The highest BCUT2D eigenvalue weighted by molar-refractivity contribution is 6.36. The van der Waals surface area contributed by atoms with Crippen LogP contribution in [-0.2, 0) is 16.0 Å². The van der Waals surface area contributed by atoms with Crippen molar-refractivity contribution >= 4 is 40.7 Å².